The number of halogens is 2. The summed E-state index contributed by atoms with van der Waals surface area (Å²) in [6.45, 7) is 2.20. The van der Waals surface area contributed by atoms with Crippen LogP contribution in [0.15, 0.2) is 6.07 Å². The van der Waals surface area contributed by atoms with E-state index in [4.69, 9.17) is 17.3 Å². The molecule has 0 amide bonds. The Morgan fingerprint density at radius 1 is 1.57 bits per heavy atom. The van der Waals surface area contributed by atoms with Crippen LogP contribution < -0.4 is 5.73 Å². The van der Waals surface area contributed by atoms with Crippen molar-refractivity contribution >= 4 is 11.6 Å². The summed E-state index contributed by atoms with van der Waals surface area (Å²) >= 11 is 5.94. The van der Waals surface area contributed by atoms with Crippen LogP contribution in [-0.4, -0.2) is 11.7 Å². The van der Waals surface area contributed by atoms with Crippen LogP contribution in [0, 0.1) is 12.7 Å². The molecule has 1 aromatic carbocycles. The van der Waals surface area contributed by atoms with Gasteiger partial charge in [-0.15, -0.1) is 0 Å². The smallest absolute Gasteiger partial charge is 0.165 e. The normalized spacial score (nSPS) is 10.6. The van der Waals surface area contributed by atoms with Gasteiger partial charge in [-0.3, -0.25) is 0 Å². The van der Waals surface area contributed by atoms with Crippen molar-refractivity contribution in [1.29, 1.82) is 0 Å². The van der Waals surface area contributed by atoms with Gasteiger partial charge < -0.3 is 10.8 Å². The highest BCUT2D eigenvalue weighted by Crippen LogP contribution is 2.32. The number of nitrogens with two attached hydrogens (primary N) is 1. The lowest BCUT2D eigenvalue weighted by Gasteiger charge is -2.09. The van der Waals surface area contributed by atoms with Crippen LogP contribution in [0.2, 0.25) is 5.02 Å². The Morgan fingerprint density at radius 2 is 2.21 bits per heavy atom. The number of hydrogen-bond donors (Lipinski definition) is 2. The molecule has 3 N–H and O–H groups in total. The van der Waals surface area contributed by atoms with Crippen LogP contribution in [0.25, 0.3) is 0 Å². The van der Waals surface area contributed by atoms with Gasteiger partial charge >= 0.3 is 0 Å². The molecule has 4 heteroatoms. The molecule has 0 radical (unpaired) electrons. The highest BCUT2D eigenvalue weighted by atomic mass is 35.5. The lowest BCUT2D eigenvalue weighted by Crippen LogP contribution is -2.02. The summed E-state index contributed by atoms with van der Waals surface area (Å²) in [7, 11) is 0. The monoisotopic (exact) mass is 217 g/mol. The fourth-order valence-electron chi connectivity index (χ4n) is 1.31. The van der Waals surface area contributed by atoms with Gasteiger partial charge in [0.15, 0.2) is 11.6 Å². The summed E-state index contributed by atoms with van der Waals surface area (Å²) in [6, 6.07) is 1.23. The first-order chi connectivity index (χ1) is 6.57. The third kappa shape index (κ3) is 2.16. The van der Waals surface area contributed by atoms with Crippen molar-refractivity contribution in [1.82, 2.24) is 0 Å². The van der Waals surface area contributed by atoms with Crippen LogP contribution in [-0.2, 0) is 6.42 Å². The molecule has 0 atom stereocenters. The highest BCUT2D eigenvalue weighted by molar-refractivity contribution is 6.32. The minimum atomic E-state index is -0.626. The maximum Gasteiger partial charge on any atom is 0.165 e. The second-order valence-corrected chi connectivity index (χ2v) is 3.59. The van der Waals surface area contributed by atoms with Gasteiger partial charge in [0, 0.05) is 5.56 Å². The fraction of sp³-hybridized carbons (Fsp3) is 0.400. The van der Waals surface area contributed by atoms with Crippen LogP contribution in [0.4, 0.5) is 4.39 Å². The fourth-order valence-corrected chi connectivity index (χ4v) is 1.55. The number of phenolic OH excluding ortho intramolecular Hbond substituents is 1. The minimum Gasteiger partial charge on any atom is -0.505 e. The molecule has 1 aromatic rings. The number of phenols is 1. The number of aryl methyl sites for hydroxylation is 1. The molecule has 0 spiro atoms. The Morgan fingerprint density at radius 3 is 2.79 bits per heavy atom. The van der Waals surface area contributed by atoms with Crippen LogP contribution in [0.1, 0.15) is 17.5 Å². The molecule has 0 aliphatic rings. The number of aromatic hydroxyl groups is 1. The van der Waals surface area contributed by atoms with Crippen LogP contribution in [0.3, 0.4) is 0 Å². The second-order valence-electron chi connectivity index (χ2n) is 3.21. The molecule has 0 aliphatic heterocycles. The van der Waals surface area contributed by atoms with Gasteiger partial charge in [-0.05, 0) is 37.9 Å². The summed E-state index contributed by atoms with van der Waals surface area (Å²) in [4.78, 5) is 0. The summed E-state index contributed by atoms with van der Waals surface area (Å²) in [6.07, 6.45) is 1.18. The Kier molecular flexibility index (Phi) is 3.72. The molecule has 14 heavy (non-hydrogen) atoms. The summed E-state index contributed by atoms with van der Waals surface area (Å²) in [5, 5.41) is 9.86. The molecule has 0 aromatic heterocycles. The maximum atomic E-state index is 13.1. The topological polar surface area (TPSA) is 46.2 Å². The van der Waals surface area contributed by atoms with Gasteiger partial charge in [0.1, 0.15) is 0 Å². The summed E-state index contributed by atoms with van der Waals surface area (Å²) in [5.41, 5.74) is 6.42. The van der Waals surface area contributed by atoms with Gasteiger partial charge in [-0.2, -0.15) is 0 Å². The van der Waals surface area contributed by atoms with E-state index in [9.17, 15) is 9.50 Å². The quantitative estimate of drug-likeness (QED) is 0.817. The van der Waals surface area contributed by atoms with Crippen LogP contribution in [0.5, 0.6) is 5.75 Å². The van der Waals surface area contributed by atoms with Crippen molar-refractivity contribution < 1.29 is 9.50 Å². The lowest BCUT2D eigenvalue weighted by atomic mass is 10.0. The largest absolute Gasteiger partial charge is 0.505 e. The second kappa shape index (κ2) is 4.62. The zero-order chi connectivity index (χ0) is 10.7. The van der Waals surface area contributed by atoms with Crippen molar-refractivity contribution in [2.24, 2.45) is 5.73 Å². The first-order valence-electron chi connectivity index (χ1n) is 4.44. The minimum absolute atomic E-state index is 0.353. The molecule has 2 nitrogen and oxygen atoms in total. The van der Waals surface area contributed by atoms with E-state index >= 15 is 0 Å². The molecular formula is C10H13ClFNO. The zero-order valence-corrected chi connectivity index (χ0v) is 8.74. The zero-order valence-electron chi connectivity index (χ0n) is 7.98. The predicted octanol–water partition coefficient (Wildman–Crippen LogP) is 2.38. The molecule has 0 aliphatic carbocycles. The first kappa shape index (κ1) is 11.3. The maximum absolute atomic E-state index is 13.1. The average Bonchev–Trinajstić information content (AvgIpc) is 2.15. The van der Waals surface area contributed by atoms with Crippen molar-refractivity contribution in [2.45, 2.75) is 19.8 Å². The van der Waals surface area contributed by atoms with E-state index < -0.39 is 5.82 Å². The van der Waals surface area contributed by atoms with E-state index in [0.717, 1.165) is 0 Å². The standard InChI is InChI=1S/C10H13ClFNO/c1-6-5-8(12)10(14)7(9(6)11)3-2-4-13/h5,14H,2-4,13H2,1H3. The Hall–Kier alpha value is -0.800. The Labute approximate surface area is 87.5 Å². The highest BCUT2D eigenvalue weighted by Gasteiger charge is 2.13. The van der Waals surface area contributed by atoms with Crippen molar-refractivity contribution in [3.63, 3.8) is 0 Å². The SMILES string of the molecule is Cc1cc(F)c(O)c(CCCN)c1Cl. The number of benzene rings is 1. The molecule has 0 unspecified atom stereocenters. The van der Waals surface area contributed by atoms with E-state index in [1.54, 1.807) is 6.92 Å². The molecule has 1 rings (SSSR count). The van der Waals surface area contributed by atoms with Crippen molar-refractivity contribution in [2.75, 3.05) is 6.54 Å². The first-order valence-corrected chi connectivity index (χ1v) is 4.82. The summed E-state index contributed by atoms with van der Waals surface area (Å²) in [5.74, 6) is -0.979. The van der Waals surface area contributed by atoms with E-state index in [1.165, 1.54) is 6.07 Å². The average molecular weight is 218 g/mol. The molecule has 78 valence electrons. The lowest BCUT2D eigenvalue weighted by molar-refractivity contribution is 0.425. The predicted molar refractivity (Wildman–Crippen MR) is 55.2 cm³/mol. The third-order valence-electron chi connectivity index (χ3n) is 2.10. The van der Waals surface area contributed by atoms with Gasteiger partial charge in [0.25, 0.3) is 0 Å². The van der Waals surface area contributed by atoms with Crippen molar-refractivity contribution in [3.05, 3.63) is 28.0 Å². The van der Waals surface area contributed by atoms with Gasteiger partial charge in [0.2, 0.25) is 0 Å². The number of hydrogen-bond acceptors (Lipinski definition) is 2. The Bertz CT molecular complexity index is 315. The van der Waals surface area contributed by atoms with Crippen molar-refractivity contribution in [3.8, 4) is 5.75 Å². The van der Waals surface area contributed by atoms with E-state index in [-0.39, 0.29) is 5.75 Å². The third-order valence-corrected chi connectivity index (χ3v) is 2.62. The molecule has 0 heterocycles. The van der Waals surface area contributed by atoms with Gasteiger partial charge in [0.05, 0.1) is 5.02 Å². The summed E-state index contributed by atoms with van der Waals surface area (Å²) < 4.78 is 13.1. The molecule has 0 saturated carbocycles. The Balaban J connectivity index is 3.11. The van der Waals surface area contributed by atoms with E-state index in [1.807, 2.05) is 0 Å². The van der Waals surface area contributed by atoms with E-state index in [2.05, 4.69) is 0 Å². The van der Waals surface area contributed by atoms with E-state index in [0.29, 0.717) is 35.5 Å². The molecule has 0 fully saturated rings. The molecule has 0 saturated heterocycles. The van der Waals surface area contributed by atoms with Gasteiger partial charge in [-0.1, -0.05) is 11.6 Å². The van der Waals surface area contributed by atoms with Crippen LogP contribution >= 0.6 is 11.6 Å². The molecule has 0 bridgehead atoms. The number of rotatable bonds is 3. The van der Waals surface area contributed by atoms with Gasteiger partial charge in [-0.25, -0.2) is 4.39 Å². The molecular weight excluding hydrogens is 205 g/mol.